The second-order valence-corrected chi connectivity index (χ2v) is 13.0. The molecule has 3 amide bonds. The number of aryl methyl sites for hydroxylation is 2. The number of carbonyl (C=O) groups excluding carboxylic acids is 3. The summed E-state index contributed by atoms with van der Waals surface area (Å²) >= 11 is 0. The zero-order valence-corrected chi connectivity index (χ0v) is 25.1. The number of hydrogen-bond donors (Lipinski definition) is 2. The number of ether oxygens (including phenoxy) is 1. The molecule has 0 radical (unpaired) electrons. The second kappa shape index (κ2) is 10.9. The van der Waals surface area contributed by atoms with E-state index in [0.717, 1.165) is 0 Å². The molecule has 2 aliphatic carbocycles. The normalized spacial score (nSPS) is 25.0. The van der Waals surface area contributed by atoms with Gasteiger partial charge in [-0.25, -0.2) is 4.52 Å². The molecular weight excluding hydrogens is 583 g/mol. The quantitative estimate of drug-likeness (QED) is 0.409. The van der Waals surface area contributed by atoms with Crippen molar-refractivity contribution in [3.63, 3.8) is 0 Å². The lowest BCUT2D eigenvalue weighted by atomic mass is 9.98. The molecule has 44 heavy (non-hydrogen) atoms. The van der Waals surface area contributed by atoms with Crippen molar-refractivity contribution in [2.24, 2.45) is 24.3 Å². The van der Waals surface area contributed by atoms with E-state index < -0.39 is 53.7 Å². The number of carbonyl (C=O) groups is 3. The third-order valence-corrected chi connectivity index (χ3v) is 9.46. The fourth-order valence-electron chi connectivity index (χ4n) is 6.46. The number of piperidine rings is 1. The molecule has 2 aromatic heterocycles. The molecule has 12 nitrogen and oxygen atoms in total. The number of nitrogens with zero attached hydrogens (tertiary/aromatic N) is 5. The number of nitrogens with one attached hydrogen (secondary N) is 2. The summed E-state index contributed by atoms with van der Waals surface area (Å²) in [5.41, 5.74) is -0.217. The minimum Gasteiger partial charge on any atom is -0.370 e. The van der Waals surface area contributed by atoms with E-state index in [1.807, 2.05) is 13.8 Å². The largest absolute Gasteiger partial charge is 0.471 e. The van der Waals surface area contributed by atoms with E-state index in [1.165, 1.54) is 27.1 Å². The van der Waals surface area contributed by atoms with Gasteiger partial charge in [0.1, 0.15) is 23.6 Å². The van der Waals surface area contributed by atoms with Crippen LogP contribution in [0.1, 0.15) is 52.5 Å². The Bertz CT molecular complexity index is 1590. The zero-order valence-electron chi connectivity index (χ0n) is 25.1. The molecule has 15 heteroatoms. The molecule has 2 saturated carbocycles. The summed E-state index contributed by atoms with van der Waals surface area (Å²) in [6.45, 7) is 7.20. The first-order valence-corrected chi connectivity index (χ1v) is 14.6. The number of hydrogen-bond acceptors (Lipinski definition) is 7. The van der Waals surface area contributed by atoms with Gasteiger partial charge >= 0.3 is 12.1 Å². The second-order valence-electron chi connectivity index (χ2n) is 13.0. The van der Waals surface area contributed by atoms with Crippen LogP contribution in [0.4, 0.5) is 13.2 Å². The van der Waals surface area contributed by atoms with Crippen LogP contribution in [0.3, 0.4) is 0 Å². The first kappa shape index (κ1) is 31.5. The van der Waals surface area contributed by atoms with E-state index in [-0.39, 0.29) is 42.2 Å². The summed E-state index contributed by atoms with van der Waals surface area (Å²) in [5.74, 6) is -4.11. The maximum atomic E-state index is 13.8. The highest BCUT2D eigenvalue weighted by molar-refractivity contribution is 5.94. The van der Waals surface area contributed by atoms with Crippen molar-refractivity contribution in [3.8, 4) is 6.07 Å². The first-order valence-electron chi connectivity index (χ1n) is 14.6. The molecule has 1 aliphatic heterocycles. The monoisotopic (exact) mass is 619 g/mol. The number of likely N-dealkylation sites (tertiary alicyclic amines) is 1. The lowest BCUT2D eigenvalue weighted by Gasteiger charge is -2.35. The van der Waals surface area contributed by atoms with Gasteiger partial charge in [0.15, 0.2) is 0 Å². The van der Waals surface area contributed by atoms with Crippen LogP contribution in [0.5, 0.6) is 0 Å². The Hall–Kier alpha value is -3.93. The third kappa shape index (κ3) is 5.79. The average Bonchev–Trinajstić information content (AvgIpc) is 3.59. The first-order chi connectivity index (χ1) is 20.5. The lowest BCUT2D eigenvalue weighted by molar-refractivity contribution is -0.177. The van der Waals surface area contributed by atoms with Crippen molar-refractivity contribution in [2.45, 2.75) is 89.4 Å². The Morgan fingerprint density at radius 3 is 2.50 bits per heavy atom. The van der Waals surface area contributed by atoms with Gasteiger partial charge in [0.25, 0.3) is 5.56 Å². The Balaban J connectivity index is 1.33. The van der Waals surface area contributed by atoms with Gasteiger partial charge in [-0.3, -0.25) is 19.2 Å². The highest BCUT2D eigenvalue weighted by Crippen LogP contribution is 2.65. The molecule has 2 N–H and O–H groups in total. The molecule has 3 fully saturated rings. The van der Waals surface area contributed by atoms with Crippen LogP contribution in [-0.2, 0) is 32.6 Å². The SMILES string of the molecule is C[C@@H](OC1(C)CC1)[C@H](NC(=O)C(F)(F)F)C(=O)N1C[C@H]2[C@@H]([C@H]1C(=O)NC(C#N)CCc1cnn3ccn(C)c(=O)c13)C2(C)C. The summed E-state index contributed by atoms with van der Waals surface area (Å²) < 4.78 is 48.4. The number of nitriles is 1. The highest BCUT2D eigenvalue weighted by atomic mass is 19.4. The molecule has 5 rings (SSSR count). The van der Waals surface area contributed by atoms with Gasteiger partial charge in [-0.05, 0) is 56.8 Å². The molecule has 2 aromatic rings. The van der Waals surface area contributed by atoms with Crippen LogP contribution in [-0.4, -0.2) is 79.4 Å². The van der Waals surface area contributed by atoms with Crippen molar-refractivity contribution >= 4 is 23.2 Å². The van der Waals surface area contributed by atoms with Crippen LogP contribution < -0.4 is 16.2 Å². The number of halogens is 3. The number of rotatable bonds is 10. The van der Waals surface area contributed by atoms with E-state index in [1.54, 1.807) is 31.7 Å². The molecule has 3 aliphatic rings. The molecule has 0 spiro atoms. The van der Waals surface area contributed by atoms with Gasteiger partial charge in [-0.2, -0.15) is 23.5 Å². The van der Waals surface area contributed by atoms with Crippen molar-refractivity contribution in [1.29, 1.82) is 5.26 Å². The van der Waals surface area contributed by atoms with Crippen LogP contribution in [0, 0.1) is 28.6 Å². The van der Waals surface area contributed by atoms with Crippen molar-refractivity contribution in [1.82, 2.24) is 29.7 Å². The Kier molecular flexibility index (Phi) is 7.80. The highest BCUT2D eigenvalue weighted by Gasteiger charge is 2.70. The van der Waals surface area contributed by atoms with Gasteiger partial charge in [-0.15, -0.1) is 0 Å². The van der Waals surface area contributed by atoms with Crippen LogP contribution in [0.2, 0.25) is 0 Å². The van der Waals surface area contributed by atoms with Gasteiger partial charge in [0.2, 0.25) is 11.8 Å². The minimum absolute atomic E-state index is 0.0890. The maximum Gasteiger partial charge on any atom is 0.471 e. The summed E-state index contributed by atoms with van der Waals surface area (Å²) in [6, 6.07) is -1.67. The molecule has 3 heterocycles. The van der Waals surface area contributed by atoms with Crippen molar-refractivity contribution in [3.05, 3.63) is 34.5 Å². The van der Waals surface area contributed by atoms with Gasteiger partial charge in [-0.1, -0.05) is 13.8 Å². The topological polar surface area (TPSA) is 151 Å². The molecule has 6 atom stereocenters. The Morgan fingerprint density at radius 2 is 1.89 bits per heavy atom. The third-order valence-electron chi connectivity index (χ3n) is 9.46. The van der Waals surface area contributed by atoms with Crippen molar-refractivity contribution < 1.29 is 32.3 Å². The standard InChI is InChI=1S/C29H36F3N7O5/c1-15(44-28(4)8-9-28)20(36-26(43)29(30,31)32)24(41)38-14-18-19(27(18,2)3)22(38)23(40)35-17(12-33)7-6-16-13-34-39-11-10-37(5)25(42)21(16)39/h10-11,13,15,17-20,22H,6-9,14H2,1-5H3,(H,35,40)(H,36,43)/t15-,17?,18+,19+,20+,22+/m1/s1. The van der Waals surface area contributed by atoms with E-state index in [9.17, 15) is 37.6 Å². The molecule has 0 bridgehead atoms. The predicted molar refractivity (Wildman–Crippen MR) is 149 cm³/mol. The maximum absolute atomic E-state index is 13.8. The van der Waals surface area contributed by atoms with E-state index in [4.69, 9.17) is 4.74 Å². The number of aromatic nitrogens is 3. The van der Waals surface area contributed by atoms with E-state index in [2.05, 4.69) is 16.5 Å². The van der Waals surface area contributed by atoms with Crippen molar-refractivity contribution in [2.75, 3.05) is 6.54 Å². The van der Waals surface area contributed by atoms with Gasteiger partial charge in [0, 0.05) is 31.5 Å². The van der Waals surface area contributed by atoms with Crippen LogP contribution >= 0.6 is 0 Å². The smallest absolute Gasteiger partial charge is 0.370 e. The van der Waals surface area contributed by atoms with Crippen LogP contribution in [0.25, 0.3) is 5.52 Å². The Morgan fingerprint density at radius 1 is 1.20 bits per heavy atom. The summed E-state index contributed by atoms with van der Waals surface area (Å²) in [6.07, 6.45) is 0.144. The molecule has 1 unspecified atom stereocenters. The van der Waals surface area contributed by atoms with Crippen LogP contribution in [0.15, 0.2) is 23.4 Å². The van der Waals surface area contributed by atoms with E-state index >= 15 is 0 Å². The number of amides is 3. The molecular formula is C29H36F3N7O5. The van der Waals surface area contributed by atoms with Gasteiger partial charge in [0.05, 0.1) is 24.0 Å². The minimum atomic E-state index is -5.22. The lowest BCUT2D eigenvalue weighted by Crippen LogP contribution is -2.61. The fraction of sp³-hybridized carbons (Fsp3) is 0.655. The average molecular weight is 620 g/mol. The number of alkyl halides is 3. The number of fused-ring (bicyclic) bond motifs is 2. The van der Waals surface area contributed by atoms with Gasteiger partial charge < -0.3 is 24.8 Å². The summed E-state index contributed by atoms with van der Waals surface area (Å²) in [7, 11) is 1.61. The molecule has 1 saturated heterocycles. The summed E-state index contributed by atoms with van der Waals surface area (Å²) in [5, 5.41) is 18.5. The Labute approximate surface area is 251 Å². The zero-order chi connectivity index (χ0) is 32.4. The molecule has 238 valence electrons. The predicted octanol–water partition coefficient (Wildman–Crippen LogP) is 1.46. The molecule has 0 aromatic carbocycles. The fourth-order valence-corrected chi connectivity index (χ4v) is 6.46. The van der Waals surface area contributed by atoms with E-state index in [0.29, 0.717) is 23.9 Å². The summed E-state index contributed by atoms with van der Waals surface area (Å²) in [4.78, 5) is 53.3.